The number of benzene rings is 2. The van der Waals surface area contributed by atoms with Crippen LogP contribution < -0.4 is 9.47 Å². The van der Waals surface area contributed by atoms with Gasteiger partial charge in [0.1, 0.15) is 17.2 Å². The Morgan fingerprint density at radius 2 is 1.81 bits per heavy atom. The van der Waals surface area contributed by atoms with E-state index >= 15 is 0 Å². The van der Waals surface area contributed by atoms with Gasteiger partial charge in [0, 0.05) is 17.8 Å². The molecule has 5 heteroatoms. The zero-order chi connectivity index (χ0) is 18.9. The van der Waals surface area contributed by atoms with Crippen molar-refractivity contribution in [1.29, 1.82) is 0 Å². The molecule has 0 aliphatic carbocycles. The lowest BCUT2D eigenvalue weighted by Gasteiger charge is -2.23. The van der Waals surface area contributed by atoms with E-state index in [1.165, 1.54) is 5.56 Å². The van der Waals surface area contributed by atoms with Gasteiger partial charge in [0.05, 0.1) is 26.3 Å². The van der Waals surface area contributed by atoms with Crippen molar-refractivity contribution in [2.45, 2.75) is 19.4 Å². The fraction of sp³-hybridized carbons (Fsp3) is 0.381. The first-order valence-corrected chi connectivity index (χ1v) is 8.81. The third-order valence-corrected chi connectivity index (χ3v) is 4.11. The number of aliphatic imine (C=N–C) groups is 1. The highest BCUT2D eigenvalue weighted by molar-refractivity contribution is 5.83. The average molecular weight is 356 g/mol. The van der Waals surface area contributed by atoms with Crippen LogP contribution in [0.4, 0.5) is 0 Å². The predicted octanol–water partition coefficient (Wildman–Crippen LogP) is 3.91. The maximum absolute atomic E-state index is 10.1. The van der Waals surface area contributed by atoms with Crippen LogP contribution in [0.5, 0.6) is 17.2 Å². The number of phenols is 1. The topological polar surface area (TPSA) is 54.3 Å². The van der Waals surface area contributed by atoms with Crippen molar-refractivity contribution >= 4 is 6.21 Å². The van der Waals surface area contributed by atoms with Gasteiger partial charge in [-0.2, -0.15) is 0 Å². The zero-order valence-electron chi connectivity index (χ0n) is 16.0. The van der Waals surface area contributed by atoms with Crippen molar-refractivity contribution < 1.29 is 14.6 Å². The third kappa shape index (κ3) is 5.49. The van der Waals surface area contributed by atoms with Crippen LogP contribution in [0.25, 0.3) is 0 Å². The summed E-state index contributed by atoms with van der Waals surface area (Å²) in [6, 6.07) is 13.5. The Morgan fingerprint density at radius 1 is 1.12 bits per heavy atom. The lowest BCUT2D eigenvalue weighted by Crippen LogP contribution is -2.22. The van der Waals surface area contributed by atoms with E-state index in [9.17, 15) is 5.11 Å². The monoisotopic (exact) mass is 356 g/mol. The quantitative estimate of drug-likeness (QED) is 0.692. The van der Waals surface area contributed by atoms with Crippen LogP contribution in [0.3, 0.4) is 0 Å². The predicted molar refractivity (Wildman–Crippen MR) is 106 cm³/mol. The van der Waals surface area contributed by atoms with E-state index in [1.807, 2.05) is 45.3 Å². The van der Waals surface area contributed by atoms with Crippen molar-refractivity contribution in [2.24, 2.45) is 4.99 Å². The number of aromatic hydroxyl groups is 1. The number of phenolic OH excluding ortho intramolecular Hbond substituents is 1. The highest BCUT2D eigenvalue weighted by atomic mass is 16.5. The molecule has 0 aliphatic heterocycles. The Kier molecular flexibility index (Phi) is 7.48. The number of methoxy groups -OCH3 is 1. The summed E-state index contributed by atoms with van der Waals surface area (Å²) in [6.07, 6.45) is 2.64. The summed E-state index contributed by atoms with van der Waals surface area (Å²) in [5.74, 6) is 1.68. The summed E-state index contributed by atoms with van der Waals surface area (Å²) in [5.41, 5.74) is 1.85. The van der Waals surface area contributed by atoms with E-state index in [4.69, 9.17) is 9.47 Å². The average Bonchev–Trinajstić information content (AvgIpc) is 2.64. The minimum absolute atomic E-state index is 0.145. The Balaban J connectivity index is 2.06. The first-order valence-electron chi connectivity index (χ1n) is 8.81. The molecule has 0 bridgehead atoms. The Morgan fingerprint density at radius 3 is 2.38 bits per heavy atom. The van der Waals surface area contributed by atoms with Crippen molar-refractivity contribution in [3.63, 3.8) is 0 Å². The smallest absolute Gasteiger partial charge is 0.128 e. The van der Waals surface area contributed by atoms with E-state index in [1.54, 1.807) is 19.4 Å². The number of rotatable bonds is 9. The van der Waals surface area contributed by atoms with Gasteiger partial charge in [0.25, 0.3) is 0 Å². The molecule has 0 aliphatic rings. The normalized spacial score (nSPS) is 12.5. The van der Waals surface area contributed by atoms with Gasteiger partial charge in [-0.25, -0.2) is 0 Å². The molecule has 2 aromatic carbocycles. The van der Waals surface area contributed by atoms with Crippen LogP contribution >= 0.6 is 0 Å². The van der Waals surface area contributed by atoms with E-state index < -0.39 is 0 Å². The summed E-state index contributed by atoms with van der Waals surface area (Å²) in [4.78, 5) is 6.66. The first kappa shape index (κ1) is 19.8. The van der Waals surface area contributed by atoms with E-state index in [-0.39, 0.29) is 11.8 Å². The fourth-order valence-corrected chi connectivity index (χ4v) is 2.59. The van der Waals surface area contributed by atoms with Crippen LogP contribution in [0.1, 0.15) is 30.5 Å². The molecule has 26 heavy (non-hydrogen) atoms. The SMILES string of the molecule is CCCOc1ccc(C=NC[C@H](c2ccc(OC)cc2)N(C)C)c(O)c1. The third-order valence-electron chi connectivity index (χ3n) is 4.11. The molecule has 2 aromatic rings. The van der Waals surface area contributed by atoms with Crippen LogP contribution in [0.2, 0.25) is 0 Å². The maximum atomic E-state index is 10.1. The molecule has 140 valence electrons. The highest BCUT2D eigenvalue weighted by Gasteiger charge is 2.13. The van der Waals surface area contributed by atoms with Gasteiger partial charge in [-0.15, -0.1) is 0 Å². The minimum atomic E-state index is 0.145. The van der Waals surface area contributed by atoms with Gasteiger partial charge in [-0.3, -0.25) is 4.99 Å². The van der Waals surface area contributed by atoms with Gasteiger partial charge in [-0.1, -0.05) is 19.1 Å². The molecule has 0 unspecified atom stereocenters. The van der Waals surface area contributed by atoms with E-state index in [0.29, 0.717) is 24.5 Å². The van der Waals surface area contributed by atoms with Gasteiger partial charge >= 0.3 is 0 Å². The molecule has 0 saturated heterocycles. The maximum Gasteiger partial charge on any atom is 0.128 e. The standard InChI is InChI=1S/C21H28N2O3/c1-5-12-26-19-11-8-17(21(24)13-19)14-22-15-20(23(2)3)16-6-9-18(25-4)10-7-16/h6-11,13-14,20,24H,5,12,15H2,1-4H3/t20-/m1/s1. The molecular weight excluding hydrogens is 328 g/mol. The second-order valence-corrected chi connectivity index (χ2v) is 6.32. The molecular formula is C21H28N2O3. The number of likely N-dealkylation sites (N-methyl/N-ethyl adjacent to an activating group) is 1. The molecule has 0 spiro atoms. The second kappa shape index (κ2) is 9.82. The van der Waals surface area contributed by atoms with Gasteiger partial charge < -0.3 is 19.5 Å². The Labute approximate surface area is 155 Å². The molecule has 1 N–H and O–H groups in total. The fourth-order valence-electron chi connectivity index (χ4n) is 2.59. The Hall–Kier alpha value is -2.53. The molecule has 0 aromatic heterocycles. The lowest BCUT2D eigenvalue weighted by molar-refractivity contribution is 0.306. The largest absolute Gasteiger partial charge is 0.507 e. The van der Waals surface area contributed by atoms with Crippen molar-refractivity contribution in [2.75, 3.05) is 34.4 Å². The molecule has 0 amide bonds. The molecule has 0 saturated carbocycles. The first-order chi connectivity index (χ1) is 12.5. The van der Waals surface area contributed by atoms with Crippen molar-refractivity contribution in [1.82, 2.24) is 4.90 Å². The number of hydrogen-bond acceptors (Lipinski definition) is 5. The van der Waals surface area contributed by atoms with Crippen LogP contribution in [0.15, 0.2) is 47.5 Å². The Bertz CT molecular complexity index is 712. The molecule has 2 rings (SSSR count). The van der Waals surface area contributed by atoms with E-state index in [0.717, 1.165) is 12.2 Å². The van der Waals surface area contributed by atoms with Crippen LogP contribution in [-0.4, -0.2) is 50.6 Å². The summed E-state index contributed by atoms with van der Waals surface area (Å²) >= 11 is 0. The second-order valence-electron chi connectivity index (χ2n) is 6.32. The van der Waals surface area contributed by atoms with E-state index in [2.05, 4.69) is 22.0 Å². The lowest BCUT2D eigenvalue weighted by atomic mass is 10.1. The van der Waals surface area contributed by atoms with Gasteiger partial charge in [-0.05, 0) is 50.3 Å². The summed E-state index contributed by atoms with van der Waals surface area (Å²) < 4.78 is 10.7. The number of hydrogen-bond donors (Lipinski definition) is 1. The molecule has 0 fully saturated rings. The molecule has 0 heterocycles. The highest BCUT2D eigenvalue weighted by Crippen LogP contribution is 2.24. The minimum Gasteiger partial charge on any atom is -0.507 e. The summed E-state index contributed by atoms with van der Waals surface area (Å²) in [6.45, 7) is 3.27. The number of ether oxygens (including phenoxy) is 2. The summed E-state index contributed by atoms with van der Waals surface area (Å²) in [7, 11) is 5.72. The van der Waals surface area contributed by atoms with Crippen LogP contribution in [0, 0.1) is 0 Å². The zero-order valence-corrected chi connectivity index (χ0v) is 16.0. The van der Waals surface area contributed by atoms with Crippen molar-refractivity contribution in [3.8, 4) is 17.2 Å². The van der Waals surface area contributed by atoms with Crippen molar-refractivity contribution in [3.05, 3.63) is 53.6 Å². The van der Waals surface area contributed by atoms with Gasteiger partial charge in [0.2, 0.25) is 0 Å². The van der Waals surface area contributed by atoms with Gasteiger partial charge in [0.15, 0.2) is 0 Å². The molecule has 5 nitrogen and oxygen atoms in total. The van der Waals surface area contributed by atoms with Crippen LogP contribution in [-0.2, 0) is 0 Å². The number of nitrogens with zero attached hydrogens (tertiary/aromatic N) is 2. The molecule has 0 radical (unpaired) electrons. The molecule has 1 atom stereocenters. The summed E-state index contributed by atoms with van der Waals surface area (Å²) in [5, 5.41) is 10.1.